The van der Waals surface area contributed by atoms with E-state index in [1.54, 1.807) is 0 Å². The number of hydrogen-bond acceptors (Lipinski definition) is 3. The second-order valence-electron chi connectivity index (χ2n) is 3.51. The Hall–Kier alpha value is -2.23. The molecule has 1 aromatic rings. The van der Waals surface area contributed by atoms with Crippen molar-refractivity contribution >= 4 is 11.7 Å². The van der Waals surface area contributed by atoms with Crippen molar-refractivity contribution < 1.29 is 23.1 Å². The Morgan fingerprint density at radius 3 is 2.67 bits per heavy atom. The molecule has 0 aromatic heterocycles. The van der Waals surface area contributed by atoms with E-state index in [1.807, 2.05) is 6.07 Å². The number of hydrogen-bond donors (Lipinski definition) is 2. The van der Waals surface area contributed by atoms with Crippen molar-refractivity contribution in [3.8, 4) is 6.07 Å². The molecule has 0 radical (unpaired) electrons. The molecule has 7 heteroatoms. The van der Waals surface area contributed by atoms with E-state index in [2.05, 4.69) is 5.32 Å². The van der Waals surface area contributed by atoms with E-state index in [0.717, 1.165) is 0 Å². The number of anilines is 1. The van der Waals surface area contributed by atoms with Crippen molar-refractivity contribution in [3.05, 3.63) is 29.8 Å². The number of nitrogens with zero attached hydrogens (tertiary/aromatic N) is 1. The zero-order chi connectivity index (χ0) is 13.8. The van der Waals surface area contributed by atoms with Crippen LogP contribution in [0.1, 0.15) is 5.56 Å². The van der Waals surface area contributed by atoms with Gasteiger partial charge in [0.15, 0.2) is 5.92 Å². The van der Waals surface area contributed by atoms with Gasteiger partial charge in [0.2, 0.25) is 0 Å². The summed E-state index contributed by atoms with van der Waals surface area (Å²) >= 11 is 0. The van der Waals surface area contributed by atoms with Crippen LogP contribution in [0.2, 0.25) is 0 Å². The van der Waals surface area contributed by atoms with E-state index in [9.17, 15) is 18.0 Å². The first-order valence-corrected chi connectivity index (χ1v) is 4.88. The van der Waals surface area contributed by atoms with Crippen LogP contribution in [0.5, 0.6) is 0 Å². The fourth-order valence-electron chi connectivity index (χ4n) is 1.26. The number of nitriles is 1. The van der Waals surface area contributed by atoms with E-state index in [1.165, 1.54) is 24.3 Å². The van der Waals surface area contributed by atoms with Crippen molar-refractivity contribution in [1.82, 2.24) is 0 Å². The minimum absolute atomic E-state index is 0.268. The third-order valence-corrected chi connectivity index (χ3v) is 2.20. The Kier molecular flexibility index (Phi) is 4.15. The lowest BCUT2D eigenvalue weighted by Gasteiger charge is -2.17. The maximum atomic E-state index is 12.3. The molecule has 1 rings (SSSR count). The topological polar surface area (TPSA) is 73.1 Å². The highest BCUT2D eigenvalue weighted by Crippen LogP contribution is 2.26. The van der Waals surface area contributed by atoms with Gasteiger partial charge in [0.1, 0.15) is 0 Å². The SMILES string of the molecule is N#Cc1cccc(NCC(C(=O)O)C(F)(F)F)c1. The van der Waals surface area contributed by atoms with Crippen molar-refractivity contribution in [3.63, 3.8) is 0 Å². The third kappa shape index (κ3) is 3.66. The van der Waals surface area contributed by atoms with E-state index in [4.69, 9.17) is 10.4 Å². The number of carbonyl (C=O) groups is 1. The summed E-state index contributed by atoms with van der Waals surface area (Å²) < 4.78 is 37.0. The number of alkyl halides is 3. The first kappa shape index (κ1) is 13.8. The molecule has 2 N–H and O–H groups in total. The molecule has 0 saturated carbocycles. The molecule has 0 amide bonds. The molecule has 0 bridgehead atoms. The number of halogens is 3. The van der Waals surface area contributed by atoms with Crippen LogP contribution in [0.15, 0.2) is 24.3 Å². The van der Waals surface area contributed by atoms with Crippen LogP contribution in [0.3, 0.4) is 0 Å². The summed E-state index contributed by atoms with van der Waals surface area (Å²) in [6.07, 6.45) is -4.81. The first-order valence-electron chi connectivity index (χ1n) is 4.88. The van der Waals surface area contributed by atoms with Gasteiger partial charge >= 0.3 is 12.1 Å². The smallest absolute Gasteiger partial charge is 0.403 e. The third-order valence-electron chi connectivity index (χ3n) is 2.20. The highest BCUT2D eigenvalue weighted by Gasteiger charge is 2.44. The van der Waals surface area contributed by atoms with Crippen LogP contribution >= 0.6 is 0 Å². The van der Waals surface area contributed by atoms with Crippen LogP contribution in [-0.2, 0) is 4.79 Å². The van der Waals surface area contributed by atoms with E-state index in [0.29, 0.717) is 0 Å². The van der Waals surface area contributed by atoms with Gasteiger partial charge in [0.25, 0.3) is 0 Å². The number of aliphatic carboxylic acids is 1. The van der Waals surface area contributed by atoms with Gasteiger partial charge in [-0.25, -0.2) is 0 Å². The number of benzene rings is 1. The van der Waals surface area contributed by atoms with Crippen molar-refractivity contribution in [2.45, 2.75) is 6.18 Å². The molecule has 0 aliphatic rings. The number of carboxylic acids is 1. The van der Waals surface area contributed by atoms with Gasteiger partial charge in [-0.15, -0.1) is 0 Å². The highest BCUT2D eigenvalue weighted by atomic mass is 19.4. The second-order valence-corrected chi connectivity index (χ2v) is 3.51. The molecule has 0 aliphatic heterocycles. The monoisotopic (exact) mass is 258 g/mol. The molecule has 0 aliphatic carbocycles. The van der Waals surface area contributed by atoms with Gasteiger partial charge in [-0.3, -0.25) is 4.79 Å². The zero-order valence-corrected chi connectivity index (χ0v) is 9.03. The zero-order valence-electron chi connectivity index (χ0n) is 9.03. The molecule has 4 nitrogen and oxygen atoms in total. The molecule has 0 saturated heterocycles. The van der Waals surface area contributed by atoms with Crippen molar-refractivity contribution in [2.75, 3.05) is 11.9 Å². The summed E-state index contributed by atoms with van der Waals surface area (Å²) in [5.41, 5.74) is 0.545. The molecule has 96 valence electrons. The van der Waals surface area contributed by atoms with Crippen LogP contribution in [-0.4, -0.2) is 23.8 Å². The summed E-state index contributed by atoms with van der Waals surface area (Å²) in [7, 11) is 0. The lowest BCUT2D eigenvalue weighted by molar-refractivity contribution is -0.190. The summed E-state index contributed by atoms with van der Waals surface area (Å²) in [6.45, 7) is -0.784. The van der Waals surface area contributed by atoms with Crippen molar-refractivity contribution in [2.24, 2.45) is 5.92 Å². The maximum Gasteiger partial charge on any atom is 0.403 e. The summed E-state index contributed by atoms with van der Waals surface area (Å²) in [5, 5.41) is 19.4. The Balaban J connectivity index is 2.74. The van der Waals surface area contributed by atoms with Crippen LogP contribution in [0.4, 0.5) is 18.9 Å². The minimum atomic E-state index is -4.81. The molecule has 1 atom stereocenters. The molecule has 18 heavy (non-hydrogen) atoms. The number of nitrogens with one attached hydrogen (secondary N) is 1. The number of carboxylic acid groups (broad SMARTS) is 1. The van der Waals surface area contributed by atoms with Gasteiger partial charge in [-0.05, 0) is 18.2 Å². The Labute approximate surface area is 101 Å². The average molecular weight is 258 g/mol. The van der Waals surface area contributed by atoms with Crippen LogP contribution in [0, 0.1) is 17.2 Å². The molecule has 0 spiro atoms. The highest BCUT2D eigenvalue weighted by molar-refractivity contribution is 5.71. The van der Waals surface area contributed by atoms with E-state index in [-0.39, 0.29) is 11.3 Å². The summed E-state index contributed by atoms with van der Waals surface area (Å²) in [5.74, 6) is -4.42. The fraction of sp³-hybridized carbons (Fsp3) is 0.273. The standard InChI is InChI=1S/C11H9F3N2O2/c12-11(13,14)9(10(17)18)6-16-8-3-1-2-7(4-8)5-15/h1-4,9,16H,6H2,(H,17,18). The summed E-state index contributed by atoms with van der Waals surface area (Å²) in [4.78, 5) is 10.5. The van der Waals surface area contributed by atoms with E-state index < -0.39 is 24.6 Å². The normalized spacial score (nSPS) is 12.6. The maximum absolute atomic E-state index is 12.3. The Morgan fingerprint density at radius 2 is 2.17 bits per heavy atom. The average Bonchev–Trinajstić information content (AvgIpc) is 2.27. The quantitative estimate of drug-likeness (QED) is 0.868. The lowest BCUT2D eigenvalue weighted by Crippen LogP contribution is -2.36. The molecular weight excluding hydrogens is 249 g/mol. The molecule has 0 fully saturated rings. The fourth-order valence-corrected chi connectivity index (χ4v) is 1.26. The molecule has 1 unspecified atom stereocenters. The van der Waals surface area contributed by atoms with E-state index >= 15 is 0 Å². The van der Waals surface area contributed by atoms with Gasteiger partial charge in [-0.1, -0.05) is 6.07 Å². The predicted octanol–water partition coefficient (Wildman–Crippen LogP) is 2.23. The van der Waals surface area contributed by atoms with Crippen molar-refractivity contribution in [1.29, 1.82) is 5.26 Å². The first-order chi connectivity index (χ1) is 8.34. The number of rotatable bonds is 4. The molecular formula is C11H9F3N2O2. The molecule has 1 aromatic carbocycles. The van der Waals surface area contributed by atoms with Gasteiger partial charge in [0.05, 0.1) is 11.6 Å². The second kappa shape index (κ2) is 5.40. The van der Waals surface area contributed by atoms with Crippen LogP contribution < -0.4 is 5.32 Å². The minimum Gasteiger partial charge on any atom is -0.481 e. The summed E-state index contributed by atoms with van der Waals surface area (Å²) in [6, 6.07) is 7.61. The van der Waals surface area contributed by atoms with Gasteiger partial charge in [0, 0.05) is 12.2 Å². The largest absolute Gasteiger partial charge is 0.481 e. The predicted molar refractivity (Wildman–Crippen MR) is 56.8 cm³/mol. The Bertz CT molecular complexity index is 480. The lowest BCUT2D eigenvalue weighted by atomic mass is 10.1. The Morgan fingerprint density at radius 1 is 1.50 bits per heavy atom. The van der Waals surface area contributed by atoms with Gasteiger partial charge < -0.3 is 10.4 Å². The van der Waals surface area contributed by atoms with Gasteiger partial charge in [-0.2, -0.15) is 18.4 Å². The van der Waals surface area contributed by atoms with Crippen LogP contribution in [0.25, 0.3) is 0 Å². The molecule has 0 heterocycles.